The number of aromatic nitrogens is 1. The normalized spacial score (nSPS) is 21.2. The molecule has 0 saturated heterocycles. The second kappa shape index (κ2) is 5.57. The molecule has 1 aliphatic heterocycles. The van der Waals surface area contributed by atoms with E-state index in [1.165, 1.54) is 11.1 Å². The summed E-state index contributed by atoms with van der Waals surface area (Å²) in [5, 5.41) is 0. The highest BCUT2D eigenvalue weighted by molar-refractivity contribution is 6.27. The van der Waals surface area contributed by atoms with Gasteiger partial charge in [-0.05, 0) is 37.0 Å². The first-order valence-electron chi connectivity index (χ1n) is 7.22. The number of aromatic amines is 1. The van der Waals surface area contributed by atoms with Gasteiger partial charge in [0.05, 0.1) is 6.04 Å². The van der Waals surface area contributed by atoms with Gasteiger partial charge in [0, 0.05) is 17.9 Å². The van der Waals surface area contributed by atoms with Gasteiger partial charge in [-0.15, -0.1) is 11.6 Å². The standard InChI is InChI=1S/C17H19ClN2O/c1-11-10-19-16-14(11)8-12(2)20(15(21)9-18)17(16)13-6-4-3-5-7-13/h3-7,10,12,17,19H,8-9H2,1-2H3/t12-,17-/m0/s1. The van der Waals surface area contributed by atoms with Gasteiger partial charge in [0.2, 0.25) is 5.91 Å². The number of nitrogens with one attached hydrogen (secondary N) is 1. The molecule has 3 rings (SSSR count). The van der Waals surface area contributed by atoms with Gasteiger partial charge in [-0.25, -0.2) is 0 Å². The van der Waals surface area contributed by atoms with Gasteiger partial charge < -0.3 is 9.88 Å². The highest BCUT2D eigenvalue weighted by Gasteiger charge is 2.37. The molecule has 0 saturated carbocycles. The van der Waals surface area contributed by atoms with Crippen molar-refractivity contribution in [3.05, 3.63) is 58.9 Å². The van der Waals surface area contributed by atoms with Crippen molar-refractivity contribution in [3.8, 4) is 0 Å². The van der Waals surface area contributed by atoms with Gasteiger partial charge in [-0.2, -0.15) is 0 Å². The molecule has 0 spiro atoms. The zero-order chi connectivity index (χ0) is 15.0. The van der Waals surface area contributed by atoms with Crippen LogP contribution in [0, 0.1) is 6.92 Å². The molecule has 1 aromatic heterocycles. The Bertz CT molecular complexity index is 650. The average Bonchev–Trinajstić information content (AvgIpc) is 2.87. The van der Waals surface area contributed by atoms with Crippen molar-refractivity contribution in [1.29, 1.82) is 0 Å². The van der Waals surface area contributed by atoms with Crippen LogP contribution >= 0.6 is 11.6 Å². The number of hydrogen-bond donors (Lipinski definition) is 1. The first-order chi connectivity index (χ1) is 10.1. The van der Waals surface area contributed by atoms with Crippen LogP contribution in [0.5, 0.6) is 0 Å². The largest absolute Gasteiger partial charge is 0.363 e. The van der Waals surface area contributed by atoms with Gasteiger partial charge in [0.25, 0.3) is 0 Å². The number of rotatable bonds is 2. The average molecular weight is 303 g/mol. The molecule has 0 aliphatic carbocycles. The Morgan fingerprint density at radius 1 is 1.38 bits per heavy atom. The quantitative estimate of drug-likeness (QED) is 0.848. The van der Waals surface area contributed by atoms with Crippen LogP contribution in [0.1, 0.15) is 35.3 Å². The summed E-state index contributed by atoms with van der Waals surface area (Å²) in [5.74, 6) is -0.00110. The number of halogens is 1. The fraction of sp³-hybridized carbons (Fsp3) is 0.353. The lowest BCUT2D eigenvalue weighted by Gasteiger charge is -2.41. The van der Waals surface area contributed by atoms with Gasteiger partial charge in [-0.1, -0.05) is 30.3 Å². The maximum absolute atomic E-state index is 12.4. The Labute approximate surface area is 129 Å². The fourth-order valence-electron chi connectivity index (χ4n) is 3.30. The molecule has 0 bridgehead atoms. The lowest BCUT2D eigenvalue weighted by Crippen LogP contribution is -2.47. The number of nitrogens with zero attached hydrogens (tertiary/aromatic N) is 1. The van der Waals surface area contributed by atoms with E-state index >= 15 is 0 Å². The number of aryl methyl sites for hydroxylation is 1. The highest BCUT2D eigenvalue weighted by atomic mass is 35.5. The van der Waals surface area contributed by atoms with E-state index in [1.54, 1.807) is 0 Å². The van der Waals surface area contributed by atoms with Gasteiger partial charge in [-0.3, -0.25) is 4.79 Å². The Kier molecular flexibility index (Phi) is 3.77. The highest BCUT2D eigenvalue weighted by Crippen LogP contribution is 2.38. The monoisotopic (exact) mass is 302 g/mol. The van der Waals surface area contributed by atoms with E-state index in [9.17, 15) is 4.79 Å². The Morgan fingerprint density at radius 2 is 2.10 bits per heavy atom. The second-order valence-electron chi connectivity index (χ2n) is 5.66. The van der Waals surface area contributed by atoms with Gasteiger partial charge >= 0.3 is 0 Å². The van der Waals surface area contributed by atoms with Crippen molar-refractivity contribution in [2.45, 2.75) is 32.4 Å². The van der Waals surface area contributed by atoms with Crippen molar-refractivity contribution in [2.24, 2.45) is 0 Å². The summed E-state index contributed by atoms with van der Waals surface area (Å²) in [7, 11) is 0. The number of alkyl halides is 1. The van der Waals surface area contributed by atoms with Crippen LogP contribution in [0.4, 0.5) is 0 Å². The molecule has 0 unspecified atom stereocenters. The zero-order valence-electron chi connectivity index (χ0n) is 12.3. The molecule has 0 fully saturated rings. The molecule has 2 atom stereocenters. The van der Waals surface area contributed by atoms with E-state index in [4.69, 9.17) is 11.6 Å². The minimum Gasteiger partial charge on any atom is -0.363 e. The third-order valence-corrected chi connectivity index (χ3v) is 4.52. The molecule has 2 aromatic rings. The van der Waals surface area contributed by atoms with Crippen molar-refractivity contribution in [1.82, 2.24) is 9.88 Å². The third-order valence-electron chi connectivity index (χ3n) is 4.29. The van der Waals surface area contributed by atoms with Crippen LogP contribution < -0.4 is 0 Å². The van der Waals surface area contributed by atoms with Crippen LogP contribution in [0.25, 0.3) is 0 Å². The second-order valence-corrected chi connectivity index (χ2v) is 5.93. The molecule has 0 radical (unpaired) electrons. The van der Waals surface area contributed by atoms with E-state index in [2.05, 4.69) is 31.0 Å². The summed E-state index contributed by atoms with van der Waals surface area (Å²) >= 11 is 5.83. The fourth-order valence-corrected chi connectivity index (χ4v) is 3.43. The summed E-state index contributed by atoms with van der Waals surface area (Å²) in [5.41, 5.74) is 4.83. The van der Waals surface area contributed by atoms with Crippen LogP contribution in [-0.2, 0) is 11.2 Å². The van der Waals surface area contributed by atoms with Gasteiger partial charge in [0.15, 0.2) is 0 Å². The zero-order valence-corrected chi connectivity index (χ0v) is 13.0. The molecule has 1 N–H and O–H groups in total. The van der Waals surface area contributed by atoms with E-state index in [0.29, 0.717) is 0 Å². The first-order valence-corrected chi connectivity index (χ1v) is 7.75. The molecule has 110 valence electrons. The topological polar surface area (TPSA) is 36.1 Å². The number of carbonyl (C=O) groups excluding carboxylic acids is 1. The van der Waals surface area contributed by atoms with Crippen LogP contribution in [0.3, 0.4) is 0 Å². The van der Waals surface area contributed by atoms with Crippen molar-refractivity contribution in [3.63, 3.8) is 0 Å². The maximum Gasteiger partial charge on any atom is 0.238 e. The third kappa shape index (κ3) is 2.36. The molecule has 1 aliphatic rings. The summed E-state index contributed by atoms with van der Waals surface area (Å²) in [4.78, 5) is 17.6. The number of amides is 1. The van der Waals surface area contributed by atoms with Crippen LogP contribution in [-0.4, -0.2) is 27.7 Å². The molecule has 1 amide bonds. The Hall–Kier alpha value is -1.74. The van der Waals surface area contributed by atoms with Crippen molar-refractivity contribution < 1.29 is 4.79 Å². The number of fused-ring (bicyclic) bond motifs is 1. The summed E-state index contributed by atoms with van der Waals surface area (Å²) < 4.78 is 0. The Balaban J connectivity index is 2.15. The first kappa shape index (κ1) is 14.2. The molecule has 4 heteroatoms. The SMILES string of the molecule is Cc1c[nH]c2c1C[C@H](C)N(C(=O)CCl)[C@H]2c1ccccc1. The van der Waals surface area contributed by atoms with Crippen LogP contribution in [0.2, 0.25) is 0 Å². The predicted molar refractivity (Wildman–Crippen MR) is 84.5 cm³/mol. The van der Waals surface area contributed by atoms with E-state index in [1.807, 2.05) is 29.3 Å². The molecule has 3 nitrogen and oxygen atoms in total. The molecule has 2 heterocycles. The summed E-state index contributed by atoms with van der Waals surface area (Å²) in [6.07, 6.45) is 2.90. The molecular formula is C17H19ClN2O. The number of hydrogen-bond acceptors (Lipinski definition) is 1. The van der Waals surface area contributed by atoms with Crippen molar-refractivity contribution in [2.75, 3.05) is 5.88 Å². The smallest absolute Gasteiger partial charge is 0.238 e. The molecule has 21 heavy (non-hydrogen) atoms. The van der Waals surface area contributed by atoms with Crippen molar-refractivity contribution >= 4 is 17.5 Å². The minimum atomic E-state index is -0.0788. The summed E-state index contributed by atoms with van der Waals surface area (Å²) in [6.45, 7) is 4.21. The van der Waals surface area contributed by atoms with Crippen LogP contribution in [0.15, 0.2) is 36.5 Å². The number of carbonyl (C=O) groups is 1. The lowest BCUT2D eigenvalue weighted by atomic mass is 9.88. The molecular weight excluding hydrogens is 284 g/mol. The number of H-pyrrole nitrogens is 1. The summed E-state index contributed by atoms with van der Waals surface area (Å²) in [6, 6.07) is 10.2. The molecule has 1 aromatic carbocycles. The van der Waals surface area contributed by atoms with E-state index in [-0.39, 0.29) is 23.9 Å². The maximum atomic E-state index is 12.4. The van der Waals surface area contributed by atoms with E-state index < -0.39 is 0 Å². The van der Waals surface area contributed by atoms with Gasteiger partial charge in [0.1, 0.15) is 5.88 Å². The minimum absolute atomic E-state index is 0.0166. The predicted octanol–water partition coefficient (Wildman–Crippen LogP) is 3.42. The number of benzene rings is 1. The Morgan fingerprint density at radius 3 is 2.76 bits per heavy atom. The van der Waals surface area contributed by atoms with E-state index in [0.717, 1.165) is 17.7 Å². The lowest BCUT2D eigenvalue weighted by molar-refractivity contribution is -0.133.